The van der Waals surface area contributed by atoms with Gasteiger partial charge in [0.25, 0.3) is 5.91 Å². The highest BCUT2D eigenvalue weighted by Gasteiger charge is 2.14. The third-order valence-electron chi connectivity index (χ3n) is 4.52. The predicted molar refractivity (Wildman–Crippen MR) is 137 cm³/mol. The van der Waals surface area contributed by atoms with Crippen LogP contribution >= 0.6 is 39.5 Å². The third-order valence-corrected chi connectivity index (χ3v) is 6.10. The third kappa shape index (κ3) is 6.51. The summed E-state index contributed by atoms with van der Waals surface area (Å²) in [5.74, 6) is 1.03. The molecule has 0 aliphatic carbocycles. The Bertz CT molecular complexity index is 1110. The fraction of sp³-hybridized carbons (Fsp3) is 0.261. The molecule has 2 N–H and O–H groups in total. The summed E-state index contributed by atoms with van der Waals surface area (Å²) in [6.45, 7) is 6.29. The number of nitrogens with zero attached hydrogens (tertiary/aromatic N) is 1. The van der Waals surface area contributed by atoms with Crippen molar-refractivity contribution in [3.05, 3.63) is 57.9 Å². The fourth-order valence-electron chi connectivity index (χ4n) is 2.78. The Morgan fingerprint density at radius 1 is 1.19 bits per heavy atom. The molecule has 3 aromatic rings. The number of hydrogen-bond acceptors (Lipinski definition) is 6. The number of carbonyl (C=O) groups is 1. The Hall–Kier alpha value is -2.49. The SMILES string of the molecule is COc1ccc(-c2csc(NC(=S)NC(=O)COc3ccc(C(C)(C)C)cc3)n2)cc1Br. The Morgan fingerprint density at radius 2 is 1.91 bits per heavy atom. The Balaban J connectivity index is 1.50. The van der Waals surface area contributed by atoms with Crippen LogP contribution in [0.4, 0.5) is 5.13 Å². The number of methoxy groups -OCH3 is 1. The van der Waals surface area contributed by atoms with Crippen molar-refractivity contribution in [2.45, 2.75) is 26.2 Å². The maximum absolute atomic E-state index is 12.2. The van der Waals surface area contributed by atoms with E-state index >= 15 is 0 Å². The van der Waals surface area contributed by atoms with Crippen molar-refractivity contribution in [3.8, 4) is 22.8 Å². The summed E-state index contributed by atoms with van der Waals surface area (Å²) in [4.78, 5) is 16.7. The number of aromatic nitrogens is 1. The number of anilines is 1. The minimum Gasteiger partial charge on any atom is -0.496 e. The molecular formula is C23H24BrN3O3S2. The van der Waals surface area contributed by atoms with Crippen LogP contribution in [0.5, 0.6) is 11.5 Å². The van der Waals surface area contributed by atoms with Crippen molar-refractivity contribution in [3.63, 3.8) is 0 Å². The smallest absolute Gasteiger partial charge is 0.264 e. The lowest BCUT2D eigenvalue weighted by molar-refractivity contribution is -0.121. The zero-order valence-corrected chi connectivity index (χ0v) is 21.4. The van der Waals surface area contributed by atoms with Crippen molar-refractivity contribution in [2.24, 2.45) is 0 Å². The van der Waals surface area contributed by atoms with Crippen molar-refractivity contribution >= 4 is 55.6 Å². The monoisotopic (exact) mass is 533 g/mol. The number of hydrogen-bond donors (Lipinski definition) is 2. The number of rotatable bonds is 6. The van der Waals surface area contributed by atoms with Crippen LogP contribution in [-0.2, 0) is 10.2 Å². The predicted octanol–water partition coefficient (Wildman–Crippen LogP) is 5.77. The van der Waals surface area contributed by atoms with E-state index in [1.165, 1.54) is 16.9 Å². The lowest BCUT2D eigenvalue weighted by Gasteiger charge is -2.19. The van der Waals surface area contributed by atoms with E-state index in [1.54, 1.807) is 7.11 Å². The quantitative estimate of drug-likeness (QED) is 0.392. The normalized spacial score (nSPS) is 11.0. The van der Waals surface area contributed by atoms with Crippen LogP contribution in [0.1, 0.15) is 26.3 Å². The van der Waals surface area contributed by atoms with Crippen molar-refractivity contribution in [1.82, 2.24) is 10.3 Å². The second-order valence-electron chi connectivity index (χ2n) is 7.95. The summed E-state index contributed by atoms with van der Waals surface area (Å²) in [5, 5.41) is 8.20. The van der Waals surface area contributed by atoms with E-state index in [4.69, 9.17) is 21.7 Å². The molecular weight excluding hydrogens is 510 g/mol. The summed E-state index contributed by atoms with van der Waals surface area (Å²) < 4.78 is 11.6. The zero-order valence-electron chi connectivity index (χ0n) is 18.2. The maximum atomic E-state index is 12.2. The van der Waals surface area contributed by atoms with Gasteiger partial charge in [0.15, 0.2) is 16.9 Å². The Kier molecular flexibility index (Phi) is 7.86. The van der Waals surface area contributed by atoms with Crippen LogP contribution in [0.2, 0.25) is 0 Å². The summed E-state index contributed by atoms with van der Waals surface area (Å²) >= 11 is 10.1. The van der Waals surface area contributed by atoms with Crippen LogP contribution < -0.4 is 20.1 Å². The molecule has 0 atom stereocenters. The number of thiazole rings is 1. The summed E-state index contributed by atoms with van der Waals surface area (Å²) in [7, 11) is 1.62. The molecule has 0 aliphatic heterocycles. The summed E-state index contributed by atoms with van der Waals surface area (Å²) in [6.07, 6.45) is 0. The number of halogens is 1. The molecule has 0 radical (unpaired) electrons. The van der Waals surface area contributed by atoms with E-state index < -0.39 is 0 Å². The first-order chi connectivity index (χ1) is 15.2. The minimum atomic E-state index is -0.349. The van der Waals surface area contributed by atoms with Gasteiger partial charge in [-0.15, -0.1) is 11.3 Å². The molecule has 0 aliphatic rings. The van der Waals surface area contributed by atoms with Crippen molar-refractivity contribution in [1.29, 1.82) is 0 Å². The van der Waals surface area contributed by atoms with Crippen LogP contribution in [0.15, 0.2) is 52.3 Å². The van der Waals surface area contributed by atoms with Gasteiger partial charge in [-0.2, -0.15) is 0 Å². The van der Waals surface area contributed by atoms with Crippen LogP contribution in [0.3, 0.4) is 0 Å². The number of thiocarbonyl (C=S) groups is 1. The second-order valence-corrected chi connectivity index (χ2v) is 10.1. The number of amides is 1. The lowest BCUT2D eigenvalue weighted by Crippen LogP contribution is -2.37. The average molecular weight is 535 g/mol. The number of nitrogens with one attached hydrogen (secondary N) is 2. The molecule has 9 heteroatoms. The largest absolute Gasteiger partial charge is 0.496 e. The van der Waals surface area contributed by atoms with Gasteiger partial charge in [-0.1, -0.05) is 32.9 Å². The molecule has 168 valence electrons. The molecule has 1 heterocycles. The van der Waals surface area contributed by atoms with Gasteiger partial charge in [-0.25, -0.2) is 4.98 Å². The Morgan fingerprint density at radius 3 is 2.53 bits per heavy atom. The highest BCUT2D eigenvalue weighted by molar-refractivity contribution is 9.10. The number of carbonyl (C=O) groups excluding carboxylic acids is 1. The molecule has 1 amide bonds. The van der Waals surface area contributed by atoms with Gasteiger partial charge in [-0.05, 0) is 69.5 Å². The first-order valence-electron chi connectivity index (χ1n) is 9.79. The Labute approximate surface area is 205 Å². The van der Waals surface area contributed by atoms with Gasteiger partial charge in [0.05, 0.1) is 17.3 Å². The molecule has 32 heavy (non-hydrogen) atoms. The minimum absolute atomic E-state index is 0.0628. The average Bonchev–Trinajstić information content (AvgIpc) is 3.20. The number of benzene rings is 2. The van der Waals surface area contributed by atoms with Crippen LogP contribution in [-0.4, -0.2) is 29.7 Å². The van der Waals surface area contributed by atoms with Gasteiger partial charge in [0.2, 0.25) is 0 Å². The summed E-state index contributed by atoms with van der Waals surface area (Å²) in [6, 6.07) is 13.4. The molecule has 1 aromatic heterocycles. The molecule has 0 unspecified atom stereocenters. The fourth-order valence-corrected chi connectivity index (χ4v) is 4.32. The van der Waals surface area contributed by atoms with Gasteiger partial charge < -0.3 is 14.8 Å². The van der Waals surface area contributed by atoms with E-state index in [1.807, 2.05) is 47.8 Å². The first kappa shape index (κ1) is 24.2. The van der Waals surface area contributed by atoms with Crippen LogP contribution in [0, 0.1) is 0 Å². The van der Waals surface area contributed by atoms with Crippen molar-refractivity contribution in [2.75, 3.05) is 19.0 Å². The molecule has 0 saturated heterocycles. The molecule has 0 bridgehead atoms. The maximum Gasteiger partial charge on any atom is 0.264 e. The lowest BCUT2D eigenvalue weighted by atomic mass is 9.87. The van der Waals surface area contributed by atoms with Gasteiger partial charge >= 0.3 is 0 Å². The molecule has 3 rings (SSSR count). The topological polar surface area (TPSA) is 72.5 Å². The molecule has 0 spiro atoms. The van der Waals surface area contributed by atoms with Gasteiger partial charge in [-0.3, -0.25) is 10.1 Å². The highest BCUT2D eigenvalue weighted by atomic mass is 79.9. The standard InChI is InChI=1S/C23H24BrN3O3S2/c1-23(2,3)15-6-8-16(9-7-15)30-12-20(28)26-21(31)27-22-25-18(13-32-22)14-5-10-19(29-4)17(24)11-14/h5-11,13H,12H2,1-4H3,(H2,25,26,27,28,31). The molecule has 6 nitrogen and oxygen atoms in total. The van der Waals surface area contributed by atoms with E-state index in [9.17, 15) is 4.79 Å². The van der Waals surface area contributed by atoms with Crippen molar-refractivity contribution < 1.29 is 14.3 Å². The van der Waals surface area contributed by atoms with E-state index in [0.29, 0.717) is 10.9 Å². The zero-order chi connectivity index (χ0) is 23.3. The highest BCUT2D eigenvalue weighted by Crippen LogP contribution is 2.32. The van der Waals surface area contributed by atoms with E-state index in [-0.39, 0.29) is 23.0 Å². The number of ether oxygens (including phenoxy) is 2. The van der Waals surface area contributed by atoms with E-state index in [0.717, 1.165) is 21.5 Å². The molecule has 0 saturated carbocycles. The first-order valence-corrected chi connectivity index (χ1v) is 11.9. The summed E-state index contributed by atoms with van der Waals surface area (Å²) in [5.41, 5.74) is 2.98. The van der Waals surface area contributed by atoms with Gasteiger partial charge in [0, 0.05) is 10.9 Å². The van der Waals surface area contributed by atoms with E-state index in [2.05, 4.69) is 52.3 Å². The van der Waals surface area contributed by atoms with Gasteiger partial charge in [0.1, 0.15) is 11.5 Å². The van der Waals surface area contributed by atoms with Crippen LogP contribution in [0.25, 0.3) is 11.3 Å². The molecule has 2 aromatic carbocycles. The molecule has 0 fully saturated rings. The second kappa shape index (κ2) is 10.4.